The van der Waals surface area contributed by atoms with E-state index in [1.165, 1.54) is 0 Å². The Hall–Kier alpha value is -1.56. The highest BCUT2D eigenvalue weighted by Gasteiger charge is 2.23. The second kappa shape index (κ2) is 9.40. The van der Waals surface area contributed by atoms with Gasteiger partial charge in [0.05, 0.1) is 6.04 Å². The minimum atomic E-state index is -0.0440. The number of piperidine rings is 1. The number of hydrogen-bond acceptors (Lipinski definition) is 3. The molecular formula is C19H26Cl2N4O. The third-order valence-electron chi connectivity index (χ3n) is 4.60. The molecule has 1 N–H and O–H groups in total. The number of halogens is 2. The lowest BCUT2D eigenvalue weighted by Gasteiger charge is -2.26. The molecule has 7 heteroatoms. The number of benzene rings is 1. The molecule has 5 nitrogen and oxygen atoms in total. The van der Waals surface area contributed by atoms with Gasteiger partial charge in [-0.2, -0.15) is 5.10 Å². The number of nitrogens with one attached hydrogen (secondary N) is 1. The second-order valence-electron chi connectivity index (χ2n) is 6.84. The van der Waals surface area contributed by atoms with Gasteiger partial charge >= 0.3 is 0 Å². The van der Waals surface area contributed by atoms with Crippen molar-refractivity contribution < 1.29 is 4.79 Å². The highest BCUT2D eigenvalue weighted by Crippen LogP contribution is 2.19. The fourth-order valence-corrected chi connectivity index (χ4v) is 3.40. The molecule has 1 amide bonds. The first-order chi connectivity index (χ1) is 12.0. The molecule has 0 radical (unpaired) electrons. The van der Waals surface area contributed by atoms with Gasteiger partial charge in [0.25, 0.3) is 5.91 Å². The minimum Gasteiger partial charge on any atom is -0.330 e. The summed E-state index contributed by atoms with van der Waals surface area (Å²) in [6, 6.07) is 9.86. The number of hydrogen-bond donors (Lipinski definition) is 1. The van der Waals surface area contributed by atoms with Crippen LogP contribution in [0.2, 0.25) is 5.02 Å². The van der Waals surface area contributed by atoms with Crippen LogP contribution in [-0.4, -0.2) is 39.7 Å². The zero-order valence-corrected chi connectivity index (χ0v) is 16.8. The van der Waals surface area contributed by atoms with Crippen LogP contribution in [0.25, 0.3) is 0 Å². The summed E-state index contributed by atoms with van der Waals surface area (Å²) in [4.78, 5) is 14.8. The molecule has 1 aromatic heterocycles. The largest absolute Gasteiger partial charge is 0.330 e. The normalized spacial score (nSPS) is 17.0. The fraction of sp³-hybridized carbons (Fsp3) is 0.474. The van der Waals surface area contributed by atoms with Gasteiger partial charge in [-0.1, -0.05) is 23.7 Å². The smallest absolute Gasteiger partial charge is 0.274 e. The topological polar surface area (TPSA) is 50.2 Å². The highest BCUT2D eigenvalue weighted by molar-refractivity contribution is 6.30. The molecule has 1 atom stereocenters. The number of amides is 1. The average molecular weight is 397 g/mol. The maximum Gasteiger partial charge on any atom is 0.274 e. The third kappa shape index (κ3) is 5.00. The molecule has 1 aliphatic rings. The molecule has 1 saturated heterocycles. The summed E-state index contributed by atoms with van der Waals surface area (Å²) < 4.78 is 1.93. The van der Waals surface area contributed by atoms with E-state index >= 15 is 0 Å². The van der Waals surface area contributed by atoms with Gasteiger partial charge in [-0.05, 0) is 57.0 Å². The van der Waals surface area contributed by atoms with E-state index in [1.54, 1.807) is 0 Å². The Morgan fingerprint density at radius 2 is 2.23 bits per heavy atom. The Morgan fingerprint density at radius 1 is 1.42 bits per heavy atom. The van der Waals surface area contributed by atoms with Crippen molar-refractivity contribution in [3.8, 4) is 0 Å². The van der Waals surface area contributed by atoms with Crippen LogP contribution in [-0.2, 0) is 6.54 Å². The molecule has 0 aliphatic carbocycles. The van der Waals surface area contributed by atoms with Crippen LogP contribution in [0.1, 0.15) is 48.8 Å². The standard InChI is InChI=1S/C19H25ClN4O.ClH/c1-14(2)23(13-15-5-3-6-16(20)11-15)19(25)18-8-10-24(22-18)17-7-4-9-21-12-17;/h3,5-6,8,10-11,14,17,21H,4,7,9,12-13H2,1-2H3;1H. The molecule has 142 valence electrons. The van der Waals surface area contributed by atoms with Gasteiger partial charge in [0.15, 0.2) is 0 Å². The molecule has 0 bridgehead atoms. The zero-order chi connectivity index (χ0) is 17.8. The van der Waals surface area contributed by atoms with Crippen molar-refractivity contribution in [2.75, 3.05) is 13.1 Å². The Bertz CT molecular complexity index is 726. The summed E-state index contributed by atoms with van der Waals surface area (Å²) in [5, 5.41) is 8.62. The van der Waals surface area contributed by atoms with Crippen LogP contribution in [0.5, 0.6) is 0 Å². The maximum atomic E-state index is 13.0. The lowest BCUT2D eigenvalue weighted by molar-refractivity contribution is 0.0682. The molecule has 1 unspecified atom stereocenters. The van der Waals surface area contributed by atoms with Gasteiger partial charge in [0.2, 0.25) is 0 Å². The number of nitrogens with zero attached hydrogens (tertiary/aromatic N) is 3. The second-order valence-corrected chi connectivity index (χ2v) is 7.27. The van der Waals surface area contributed by atoms with E-state index in [0.717, 1.165) is 31.5 Å². The van der Waals surface area contributed by atoms with Gasteiger partial charge in [-0.15, -0.1) is 12.4 Å². The van der Waals surface area contributed by atoms with Crippen LogP contribution < -0.4 is 5.32 Å². The van der Waals surface area contributed by atoms with Crippen LogP contribution in [0, 0.1) is 0 Å². The lowest BCUT2D eigenvalue weighted by Crippen LogP contribution is -2.37. The number of aromatic nitrogens is 2. The van der Waals surface area contributed by atoms with Crippen molar-refractivity contribution in [1.82, 2.24) is 20.0 Å². The van der Waals surface area contributed by atoms with E-state index in [4.69, 9.17) is 11.6 Å². The van der Waals surface area contributed by atoms with Crippen LogP contribution in [0.3, 0.4) is 0 Å². The fourth-order valence-electron chi connectivity index (χ4n) is 3.18. The quantitative estimate of drug-likeness (QED) is 0.832. The molecule has 2 heterocycles. The van der Waals surface area contributed by atoms with Gasteiger partial charge in [0.1, 0.15) is 5.69 Å². The molecule has 1 aromatic carbocycles. The van der Waals surface area contributed by atoms with Gasteiger partial charge in [-0.3, -0.25) is 9.48 Å². The first-order valence-corrected chi connectivity index (χ1v) is 9.23. The Balaban J connectivity index is 0.00000243. The molecule has 2 aromatic rings. The van der Waals surface area contributed by atoms with Crippen molar-refractivity contribution in [3.63, 3.8) is 0 Å². The predicted molar refractivity (Wildman–Crippen MR) is 107 cm³/mol. The molecule has 1 aliphatic heterocycles. The van der Waals surface area contributed by atoms with Crippen molar-refractivity contribution in [1.29, 1.82) is 0 Å². The summed E-state index contributed by atoms with van der Waals surface area (Å²) >= 11 is 6.07. The summed E-state index contributed by atoms with van der Waals surface area (Å²) in [5.74, 6) is -0.0440. The van der Waals surface area contributed by atoms with Crippen molar-refractivity contribution in [2.45, 2.75) is 45.3 Å². The van der Waals surface area contributed by atoms with E-state index in [0.29, 0.717) is 23.3 Å². The van der Waals surface area contributed by atoms with Crippen molar-refractivity contribution in [3.05, 3.63) is 52.8 Å². The summed E-state index contributed by atoms with van der Waals surface area (Å²) in [6.45, 7) is 6.53. The minimum absolute atomic E-state index is 0. The Labute approximate surface area is 166 Å². The van der Waals surface area contributed by atoms with E-state index in [-0.39, 0.29) is 24.4 Å². The Morgan fingerprint density at radius 3 is 2.88 bits per heavy atom. The van der Waals surface area contributed by atoms with Gasteiger partial charge < -0.3 is 10.2 Å². The highest BCUT2D eigenvalue weighted by atomic mass is 35.5. The molecule has 0 saturated carbocycles. The molecule has 3 rings (SSSR count). The first kappa shape index (κ1) is 20.7. The average Bonchev–Trinajstić information content (AvgIpc) is 3.10. The van der Waals surface area contributed by atoms with E-state index in [9.17, 15) is 4.79 Å². The molecule has 0 spiro atoms. The number of carbonyl (C=O) groups is 1. The summed E-state index contributed by atoms with van der Waals surface area (Å²) in [6.07, 6.45) is 4.15. The van der Waals surface area contributed by atoms with Crippen LogP contribution in [0.15, 0.2) is 36.5 Å². The monoisotopic (exact) mass is 396 g/mol. The lowest BCUT2D eigenvalue weighted by atomic mass is 10.1. The summed E-state index contributed by atoms with van der Waals surface area (Å²) in [7, 11) is 0. The summed E-state index contributed by atoms with van der Waals surface area (Å²) in [5.41, 5.74) is 1.52. The van der Waals surface area contributed by atoms with E-state index in [2.05, 4.69) is 10.4 Å². The predicted octanol–water partition coefficient (Wildman–Crippen LogP) is 3.93. The number of carbonyl (C=O) groups excluding carboxylic acids is 1. The van der Waals surface area contributed by atoms with E-state index in [1.807, 2.05) is 60.0 Å². The van der Waals surface area contributed by atoms with Gasteiger partial charge in [-0.25, -0.2) is 0 Å². The third-order valence-corrected chi connectivity index (χ3v) is 4.83. The SMILES string of the molecule is CC(C)N(Cc1cccc(Cl)c1)C(=O)c1ccn(C2CCCNC2)n1.Cl. The first-order valence-electron chi connectivity index (χ1n) is 8.86. The number of rotatable bonds is 5. The van der Waals surface area contributed by atoms with Crippen LogP contribution in [0.4, 0.5) is 0 Å². The van der Waals surface area contributed by atoms with Gasteiger partial charge in [0, 0.05) is 30.4 Å². The maximum absolute atomic E-state index is 13.0. The van der Waals surface area contributed by atoms with Crippen molar-refractivity contribution >= 4 is 29.9 Å². The van der Waals surface area contributed by atoms with Crippen molar-refractivity contribution in [2.24, 2.45) is 0 Å². The molecule has 1 fully saturated rings. The molecular weight excluding hydrogens is 371 g/mol. The van der Waals surface area contributed by atoms with Crippen LogP contribution >= 0.6 is 24.0 Å². The zero-order valence-electron chi connectivity index (χ0n) is 15.2. The Kier molecular flexibility index (Phi) is 7.50. The molecule has 26 heavy (non-hydrogen) atoms. The van der Waals surface area contributed by atoms with E-state index < -0.39 is 0 Å².